The lowest BCUT2D eigenvalue weighted by atomic mass is 9.80. The van der Waals surface area contributed by atoms with E-state index in [-0.39, 0.29) is 0 Å². The van der Waals surface area contributed by atoms with Crippen LogP contribution in [0.4, 0.5) is 0 Å². The summed E-state index contributed by atoms with van der Waals surface area (Å²) in [6, 6.07) is 0.712. The maximum absolute atomic E-state index is 3.39. The van der Waals surface area contributed by atoms with Crippen molar-refractivity contribution in [3.05, 3.63) is 0 Å². The molecule has 2 N–H and O–H groups in total. The molecule has 0 amide bonds. The molecule has 1 atom stereocenters. The van der Waals surface area contributed by atoms with E-state index in [0.717, 1.165) is 19.0 Å². The van der Waals surface area contributed by atoms with E-state index < -0.39 is 0 Å². The van der Waals surface area contributed by atoms with E-state index in [4.69, 9.17) is 0 Å². The molecule has 0 aliphatic heterocycles. The molecule has 11 heavy (non-hydrogen) atoms. The van der Waals surface area contributed by atoms with Crippen LogP contribution in [0.25, 0.3) is 0 Å². The van der Waals surface area contributed by atoms with Crippen LogP contribution in [0.3, 0.4) is 0 Å². The lowest BCUT2D eigenvalue weighted by Crippen LogP contribution is -2.44. The third-order valence-corrected chi connectivity index (χ3v) is 2.70. The summed E-state index contributed by atoms with van der Waals surface area (Å²) in [6.45, 7) is 4.38. The summed E-state index contributed by atoms with van der Waals surface area (Å²) >= 11 is 0. The average molecular weight is 156 g/mol. The molecule has 0 bridgehead atoms. The fourth-order valence-electron chi connectivity index (χ4n) is 1.65. The molecule has 0 aromatic heterocycles. The monoisotopic (exact) mass is 156 g/mol. The summed E-state index contributed by atoms with van der Waals surface area (Å²) in [6.07, 6.45) is 4.29. The summed E-state index contributed by atoms with van der Waals surface area (Å²) in [5, 5.41) is 6.76. The van der Waals surface area contributed by atoms with E-state index in [1.807, 2.05) is 0 Å². The molecule has 0 aromatic rings. The Balaban J connectivity index is 2.13. The number of hydrogen-bond donors (Lipinski definition) is 2. The van der Waals surface area contributed by atoms with Gasteiger partial charge in [0.2, 0.25) is 0 Å². The average Bonchev–Trinajstić information content (AvgIpc) is 1.93. The van der Waals surface area contributed by atoms with Crippen LogP contribution in [0, 0.1) is 5.92 Å². The second-order valence-corrected chi connectivity index (χ2v) is 3.39. The zero-order chi connectivity index (χ0) is 8.10. The molecule has 0 spiro atoms. The maximum atomic E-state index is 3.39. The van der Waals surface area contributed by atoms with Gasteiger partial charge in [0.05, 0.1) is 0 Å². The molecule has 1 aliphatic carbocycles. The van der Waals surface area contributed by atoms with Crippen molar-refractivity contribution in [2.24, 2.45) is 5.92 Å². The molecule has 0 radical (unpaired) electrons. The Morgan fingerprint density at radius 1 is 1.45 bits per heavy atom. The van der Waals surface area contributed by atoms with Gasteiger partial charge in [-0.25, -0.2) is 0 Å². The van der Waals surface area contributed by atoms with E-state index in [1.54, 1.807) is 0 Å². The first-order chi connectivity index (χ1) is 5.38. The van der Waals surface area contributed by atoms with E-state index in [9.17, 15) is 0 Å². The second-order valence-electron chi connectivity index (χ2n) is 3.39. The highest BCUT2D eigenvalue weighted by molar-refractivity contribution is 4.82. The molecule has 1 unspecified atom stereocenters. The van der Waals surface area contributed by atoms with Gasteiger partial charge in [-0.1, -0.05) is 13.3 Å². The SMILES string of the molecule is CCNCC(NC)C1CCC1. The van der Waals surface area contributed by atoms with Crippen LogP contribution in [0.5, 0.6) is 0 Å². The van der Waals surface area contributed by atoms with Gasteiger partial charge < -0.3 is 10.6 Å². The van der Waals surface area contributed by atoms with Crippen molar-refractivity contribution in [2.45, 2.75) is 32.2 Å². The van der Waals surface area contributed by atoms with Gasteiger partial charge >= 0.3 is 0 Å². The van der Waals surface area contributed by atoms with Crippen LogP contribution in [-0.2, 0) is 0 Å². The molecular formula is C9H20N2. The van der Waals surface area contributed by atoms with Gasteiger partial charge in [0, 0.05) is 12.6 Å². The van der Waals surface area contributed by atoms with Gasteiger partial charge in [-0.3, -0.25) is 0 Å². The molecule has 0 saturated heterocycles. The number of likely N-dealkylation sites (N-methyl/N-ethyl adjacent to an activating group) is 2. The zero-order valence-electron chi connectivity index (χ0n) is 7.69. The van der Waals surface area contributed by atoms with Crippen molar-refractivity contribution in [1.29, 1.82) is 0 Å². The summed E-state index contributed by atoms with van der Waals surface area (Å²) in [5.41, 5.74) is 0. The molecule has 0 aromatic carbocycles. The lowest BCUT2D eigenvalue weighted by Gasteiger charge is -2.33. The summed E-state index contributed by atoms with van der Waals surface area (Å²) in [7, 11) is 2.07. The Bertz CT molecular complexity index is 99.7. The third-order valence-electron chi connectivity index (χ3n) is 2.70. The molecular weight excluding hydrogens is 136 g/mol. The van der Waals surface area contributed by atoms with Crippen molar-refractivity contribution < 1.29 is 0 Å². The van der Waals surface area contributed by atoms with Crippen molar-refractivity contribution in [1.82, 2.24) is 10.6 Å². The molecule has 0 heterocycles. The highest BCUT2D eigenvalue weighted by Crippen LogP contribution is 2.29. The van der Waals surface area contributed by atoms with E-state index in [2.05, 4.69) is 24.6 Å². The third kappa shape index (κ3) is 2.46. The highest BCUT2D eigenvalue weighted by Gasteiger charge is 2.25. The number of nitrogens with one attached hydrogen (secondary N) is 2. The molecule has 66 valence electrons. The van der Waals surface area contributed by atoms with Crippen molar-refractivity contribution in [3.63, 3.8) is 0 Å². The van der Waals surface area contributed by atoms with Gasteiger partial charge in [0.25, 0.3) is 0 Å². The Hall–Kier alpha value is -0.0800. The first kappa shape index (κ1) is 9.01. The highest BCUT2D eigenvalue weighted by atomic mass is 15.0. The van der Waals surface area contributed by atoms with Gasteiger partial charge in [-0.2, -0.15) is 0 Å². The Morgan fingerprint density at radius 3 is 2.55 bits per heavy atom. The van der Waals surface area contributed by atoms with Gasteiger partial charge in [-0.05, 0) is 32.4 Å². The fraction of sp³-hybridized carbons (Fsp3) is 1.00. The van der Waals surface area contributed by atoms with Crippen LogP contribution >= 0.6 is 0 Å². The Labute approximate surface area is 69.8 Å². The van der Waals surface area contributed by atoms with Gasteiger partial charge in [-0.15, -0.1) is 0 Å². The van der Waals surface area contributed by atoms with Crippen LogP contribution in [0.15, 0.2) is 0 Å². The van der Waals surface area contributed by atoms with Crippen molar-refractivity contribution in [3.8, 4) is 0 Å². The molecule has 2 nitrogen and oxygen atoms in total. The maximum Gasteiger partial charge on any atom is 0.0217 e. The first-order valence-electron chi connectivity index (χ1n) is 4.76. The minimum absolute atomic E-state index is 0.712. The predicted molar refractivity (Wildman–Crippen MR) is 48.7 cm³/mol. The number of hydrogen-bond acceptors (Lipinski definition) is 2. The van der Waals surface area contributed by atoms with Crippen molar-refractivity contribution >= 4 is 0 Å². The van der Waals surface area contributed by atoms with Gasteiger partial charge in [0.1, 0.15) is 0 Å². The van der Waals surface area contributed by atoms with Crippen LogP contribution < -0.4 is 10.6 Å². The Morgan fingerprint density at radius 2 is 2.18 bits per heavy atom. The van der Waals surface area contributed by atoms with Crippen molar-refractivity contribution in [2.75, 3.05) is 20.1 Å². The van der Waals surface area contributed by atoms with E-state index in [1.165, 1.54) is 19.3 Å². The van der Waals surface area contributed by atoms with Crippen LogP contribution in [-0.4, -0.2) is 26.2 Å². The standard InChI is InChI=1S/C9H20N2/c1-3-11-7-9(10-2)8-5-4-6-8/h8-11H,3-7H2,1-2H3. The van der Waals surface area contributed by atoms with Crippen LogP contribution in [0.1, 0.15) is 26.2 Å². The van der Waals surface area contributed by atoms with Gasteiger partial charge in [0.15, 0.2) is 0 Å². The normalized spacial score (nSPS) is 21.3. The summed E-state index contributed by atoms with van der Waals surface area (Å²) < 4.78 is 0. The molecule has 1 saturated carbocycles. The second kappa shape index (κ2) is 4.73. The number of rotatable bonds is 5. The summed E-state index contributed by atoms with van der Waals surface area (Å²) in [5.74, 6) is 0.944. The summed E-state index contributed by atoms with van der Waals surface area (Å²) in [4.78, 5) is 0. The van der Waals surface area contributed by atoms with Crippen LogP contribution in [0.2, 0.25) is 0 Å². The topological polar surface area (TPSA) is 24.1 Å². The minimum atomic E-state index is 0.712. The minimum Gasteiger partial charge on any atom is -0.315 e. The Kier molecular flexibility index (Phi) is 3.87. The predicted octanol–water partition coefficient (Wildman–Crippen LogP) is 0.984. The molecule has 1 aliphatic rings. The first-order valence-corrected chi connectivity index (χ1v) is 4.76. The van der Waals surface area contributed by atoms with E-state index in [0.29, 0.717) is 6.04 Å². The van der Waals surface area contributed by atoms with E-state index >= 15 is 0 Å². The quantitative estimate of drug-likeness (QED) is 0.620. The lowest BCUT2D eigenvalue weighted by molar-refractivity contribution is 0.233. The molecule has 1 rings (SSSR count). The fourth-order valence-corrected chi connectivity index (χ4v) is 1.65. The smallest absolute Gasteiger partial charge is 0.0217 e. The zero-order valence-corrected chi connectivity index (χ0v) is 7.69. The molecule has 2 heteroatoms. The molecule has 1 fully saturated rings. The largest absolute Gasteiger partial charge is 0.315 e.